The van der Waals surface area contributed by atoms with Crippen LogP contribution in [0.3, 0.4) is 0 Å². The molecule has 0 aromatic heterocycles. The summed E-state index contributed by atoms with van der Waals surface area (Å²) in [4.78, 5) is 11.5. The fourth-order valence-electron chi connectivity index (χ4n) is 3.66. The van der Waals surface area contributed by atoms with Gasteiger partial charge in [0.15, 0.2) is 12.4 Å². The van der Waals surface area contributed by atoms with E-state index in [0.29, 0.717) is 6.42 Å². The molecule has 0 bridgehead atoms. The summed E-state index contributed by atoms with van der Waals surface area (Å²) in [6.07, 6.45) is -9.65. The number of aliphatic carboxylic acids is 1. The molecule has 2 saturated heterocycles. The van der Waals surface area contributed by atoms with Crippen molar-refractivity contribution in [3.05, 3.63) is 0 Å². The van der Waals surface area contributed by atoms with Gasteiger partial charge in [0.05, 0.1) is 32.0 Å². The molecule has 6 N–H and O–H groups in total. The van der Waals surface area contributed by atoms with Crippen LogP contribution in [-0.2, 0) is 23.7 Å². The third-order valence-corrected chi connectivity index (χ3v) is 5.37. The van der Waals surface area contributed by atoms with E-state index in [1.807, 2.05) is 0 Å². The van der Waals surface area contributed by atoms with Crippen LogP contribution in [-0.4, -0.2) is 113 Å². The van der Waals surface area contributed by atoms with E-state index < -0.39 is 66.8 Å². The summed E-state index contributed by atoms with van der Waals surface area (Å²) in [7, 11) is 1.36. The maximum atomic E-state index is 11.5. The number of aliphatic hydroxyl groups is 5. The lowest BCUT2D eigenvalue weighted by molar-refractivity contribution is -0.275. The van der Waals surface area contributed by atoms with Gasteiger partial charge in [0, 0.05) is 18.9 Å². The number of carboxylic acid groups (broad SMARTS) is 1. The Bertz CT molecular complexity index is 503. The van der Waals surface area contributed by atoms with Gasteiger partial charge in [-0.15, -0.1) is 0 Å². The minimum atomic E-state index is -1.44. The number of hydrogen-bond donors (Lipinski definition) is 6. The van der Waals surface area contributed by atoms with Crippen LogP contribution in [0, 0.1) is 11.8 Å². The molecule has 28 heavy (non-hydrogen) atoms. The number of aliphatic hydroxyl groups excluding tert-OH is 5. The summed E-state index contributed by atoms with van der Waals surface area (Å²) in [5.41, 5.74) is 0. The Kier molecular flexibility index (Phi) is 8.55. The molecule has 0 aromatic carbocycles. The maximum absolute atomic E-state index is 11.5. The highest BCUT2D eigenvalue weighted by Gasteiger charge is 2.48. The maximum Gasteiger partial charge on any atom is 0.333 e. The van der Waals surface area contributed by atoms with Gasteiger partial charge in [-0.2, -0.15) is 0 Å². The molecule has 0 saturated carbocycles. The van der Waals surface area contributed by atoms with Crippen LogP contribution in [0.25, 0.3) is 0 Å². The lowest BCUT2D eigenvalue weighted by Crippen LogP contribution is -2.59. The van der Waals surface area contributed by atoms with E-state index in [-0.39, 0.29) is 19.8 Å². The average Bonchev–Trinajstić information content (AvgIpc) is 2.65. The quantitative estimate of drug-likeness (QED) is 0.246. The number of ether oxygens (including phenoxy) is 4. The molecule has 2 aliphatic rings. The zero-order valence-electron chi connectivity index (χ0n) is 15.8. The largest absolute Gasteiger partial charge is 0.479 e. The second-order valence-electron chi connectivity index (χ2n) is 7.19. The molecular weight excluding hydrogens is 380 g/mol. The Morgan fingerprint density at radius 1 is 0.857 bits per heavy atom. The monoisotopic (exact) mass is 410 g/mol. The van der Waals surface area contributed by atoms with Gasteiger partial charge in [-0.1, -0.05) is 6.92 Å². The Morgan fingerprint density at radius 3 is 1.96 bits per heavy atom. The van der Waals surface area contributed by atoms with Crippen molar-refractivity contribution in [1.29, 1.82) is 0 Å². The molecule has 2 fully saturated rings. The smallest absolute Gasteiger partial charge is 0.333 e. The first-order chi connectivity index (χ1) is 13.2. The van der Waals surface area contributed by atoms with Crippen molar-refractivity contribution in [2.75, 3.05) is 26.9 Å². The lowest BCUT2D eigenvalue weighted by atomic mass is 9.87. The molecule has 4 unspecified atom stereocenters. The Hall–Kier alpha value is -0.890. The third-order valence-electron chi connectivity index (χ3n) is 5.37. The fraction of sp³-hybridized carbons (Fsp3) is 0.941. The molecule has 0 aromatic rings. The van der Waals surface area contributed by atoms with E-state index in [1.54, 1.807) is 6.92 Å². The third kappa shape index (κ3) is 4.99. The standard InChI is InChI=1S/C17H30O11/c1-3-7-11(18)14(21)10(28-17(7)24)6-26-4-8-12(19)13(20)9(5-25-2)27-15(8)16(22)23/h7-15,17-21,24H,3-6H2,1-2H3,(H,22,23)/t7-,8-,9-,10-,11+,12?,13?,14?,15-,17?/m0/s1. The molecule has 2 aliphatic heterocycles. The van der Waals surface area contributed by atoms with Gasteiger partial charge >= 0.3 is 5.97 Å². The minimum absolute atomic E-state index is 0.0912. The van der Waals surface area contributed by atoms with Crippen molar-refractivity contribution in [2.45, 2.75) is 62.4 Å². The average molecular weight is 410 g/mol. The Labute approximate surface area is 162 Å². The summed E-state index contributed by atoms with van der Waals surface area (Å²) in [5.74, 6) is -3.05. The van der Waals surface area contributed by atoms with Gasteiger partial charge in [-0.3, -0.25) is 0 Å². The molecule has 10 atom stereocenters. The SMILES string of the molecule is CC[C@@H]1C(O)O[C@@H](COC[C@H]2C(O)C(O)[C@H](COC)O[C@@H]2C(=O)O)C(O)[C@@H]1O. The summed E-state index contributed by atoms with van der Waals surface area (Å²) < 4.78 is 20.9. The molecule has 11 heteroatoms. The predicted molar refractivity (Wildman–Crippen MR) is 91.2 cm³/mol. The highest BCUT2D eigenvalue weighted by molar-refractivity contribution is 5.73. The zero-order valence-corrected chi connectivity index (χ0v) is 15.8. The van der Waals surface area contributed by atoms with Crippen molar-refractivity contribution in [3.63, 3.8) is 0 Å². The number of rotatable bonds is 8. The van der Waals surface area contributed by atoms with Crippen LogP contribution in [0.15, 0.2) is 0 Å². The molecule has 2 heterocycles. The van der Waals surface area contributed by atoms with Crippen molar-refractivity contribution in [3.8, 4) is 0 Å². The molecule has 0 aliphatic carbocycles. The van der Waals surface area contributed by atoms with Crippen molar-refractivity contribution >= 4 is 5.97 Å². The van der Waals surface area contributed by atoms with E-state index in [2.05, 4.69) is 0 Å². The molecule has 2 rings (SSSR count). The van der Waals surface area contributed by atoms with Gasteiger partial charge in [-0.25, -0.2) is 4.79 Å². The number of carboxylic acids is 1. The number of hydrogen-bond acceptors (Lipinski definition) is 10. The van der Waals surface area contributed by atoms with Crippen molar-refractivity contribution < 1.29 is 54.4 Å². The Balaban J connectivity index is 1.96. The van der Waals surface area contributed by atoms with Gasteiger partial charge in [-0.05, 0) is 6.42 Å². The summed E-state index contributed by atoms with van der Waals surface area (Å²) >= 11 is 0. The second-order valence-corrected chi connectivity index (χ2v) is 7.19. The Morgan fingerprint density at radius 2 is 1.43 bits per heavy atom. The van der Waals surface area contributed by atoms with Crippen LogP contribution in [0.1, 0.15) is 13.3 Å². The minimum Gasteiger partial charge on any atom is -0.479 e. The van der Waals surface area contributed by atoms with Gasteiger partial charge < -0.3 is 49.6 Å². The first-order valence-corrected chi connectivity index (χ1v) is 9.23. The van der Waals surface area contributed by atoms with Crippen LogP contribution < -0.4 is 0 Å². The first kappa shape index (κ1) is 23.4. The van der Waals surface area contributed by atoms with Gasteiger partial charge in [0.2, 0.25) is 0 Å². The summed E-state index contributed by atoms with van der Waals surface area (Å²) in [5, 5.41) is 59.9. The van der Waals surface area contributed by atoms with Gasteiger partial charge in [0.25, 0.3) is 0 Å². The van der Waals surface area contributed by atoms with E-state index in [0.717, 1.165) is 0 Å². The normalized spacial score (nSPS) is 44.4. The highest BCUT2D eigenvalue weighted by atomic mass is 16.6. The molecular formula is C17H30O11. The highest BCUT2D eigenvalue weighted by Crippen LogP contribution is 2.29. The van der Waals surface area contributed by atoms with Crippen molar-refractivity contribution in [2.24, 2.45) is 11.8 Å². The van der Waals surface area contributed by atoms with Crippen LogP contribution in [0.5, 0.6) is 0 Å². The molecule has 11 nitrogen and oxygen atoms in total. The molecule has 0 amide bonds. The predicted octanol–water partition coefficient (Wildman–Crippen LogP) is -2.70. The van der Waals surface area contributed by atoms with Crippen LogP contribution in [0.2, 0.25) is 0 Å². The molecule has 0 radical (unpaired) electrons. The molecule has 164 valence electrons. The fourth-order valence-corrected chi connectivity index (χ4v) is 3.66. The topological polar surface area (TPSA) is 175 Å². The van der Waals surface area contributed by atoms with E-state index in [1.165, 1.54) is 7.11 Å². The van der Waals surface area contributed by atoms with Crippen molar-refractivity contribution in [1.82, 2.24) is 0 Å². The van der Waals surface area contributed by atoms with Crippen LogP contribution in [0.4, 0.5) is 0 Å². The molecule has 0 spiro atoms. The lowest BCUT2D eigenvalue weighted by Gasteiger charge is -2.42. The van der Waals surface area contributed by atoms with E-state index in [9.17, 15) is 35.4 Å². The first-order valence-electron chi connectivity index (χ1n) is 9.23. The van der Waals surface area contributed by atoms with Gasteiger partial charge in [0.1, 0.15) is 24.4 Å². The van der Waals surface area contributed by atoms with E-state index in [4.69, 9.17) is 18.9 Å². The summed E-state index contributed by atoms with van der Waals surface area (Å²) in [6.45, 7) is 1.07. The zero-order chi connectivity index (χ0) is 21.0. The van der Waals surface area contributed by atoms with Crippen LogP contribution >= 0.6 is 0 Å². The number of methoxy groups -OCH3 is 1. The number of carbonyl (C=O) groups is 1. The summed E-state index contributed by atoms with van der Waals surface area (Å²) in [6, 6.07) is 0. The van der Waals surface area contributed by atoms with E-state index >= 15 is 0 Å². The second kappa shape index (κ2) is 10.2.